The van der Waals surface area contributed by atoms with E-state index in [2.05, 4.69) is 74.1 Å². The van der Waals surface area contributed by atoms with Gasteiger partial charge in [0.1, 0.15) is 11.9 Å². The van der Waals surface area contributed by atoms with E-state index in [1.165, 1.54) is 7.11 Å². The van der Waals surface area contributed by atoms with Gasteiger partial charge in [0, 0.05) is 42.9 Å². The van der Waals surface area contributed by atoms with Crippen LogP contribution < -0.4 is 10.6 Å². The molecule has 0 spiro atoms. The molecule has 12 heteroatoms. The second-order valence-electron chi connectivity index (χ2n) is 16.2. The number of benzene rings is 2. The molecule has 57 heavy (non-hydrogen) atoms. The number of allylic oxidation sites excluding steroid dienone is 1. The summed E-state index contributed by atoms with van der Waals surface area (Å²) in [4.78, 5) is 58.6. The Morgan fingerprint density at radius 1 is 0.912 bits per heavy atom. The maximum absolute atomic E-state index is 13.8. The molecule has 8 rings (SSSR count). The van der Waals surface area contributed by atoms with E-state index in [1.807, 2.05) is 49.3 Å². The van der Waals surface area contributed by atoms with E-state index in [4.69, 9.17) is 9.73 Å². The van der Waals surface area contributed by atoms with Crippen LogP contribution in [0.4, 0.5) is 4.79 Å². The number of methoxy groups -OCH3 is 1. The van der Waals surface area contributed by atoms with Gasteiger partial charge in [0.2, 0.25) is 11.8 Å². The first-order valence-corrected chi connectivity index (χ1v) is 20.2. The Bertz CT molecular complexity index is 2150. The number of nitrogens with one attached hydrogen (secondary N) is 3. The van der Waals surface area contributed by atoms with Crippen LogP contribution in [0.15, 0.2) is 90.3 Å². The van der Waals surface area contributed by atoms with Crippen LogP contribution in [0.5, 0.6) is 0 Å². The highest BCUT2D eigenvalue weighted by Crippen LogP contribution is 2.54. The number of imidazole rings is 1. The minimum atomic E-state index is -0.681. The average molecular weight is 770 g/mol. The zero-order valence-electron chi connectivity index (χ0n) is 32.7. The first-order chi connectivity index (χ1) is 27.7. The topological polar surface area (TPSA) is 162 Å². The zero-order valence-corrected chi connectivity index (χ0v) is 32.7. The Hall–Kier alpha value is -5.62. The minimum absolute atomic E-state index is 0.00465. The summed E-state index contributed by atoms with van der Waals surface area (Å²) in [6.07, 6.45) is 10.5. The first kappa shape index (κ1) is 38.3. The number of aromatic amines is 1. The summed E-state index contributed by atoms with van der Waals surface area (Å²) in [5, 5.41) is 15.9. The molecule has 3 fully saturated rings. The number of pyridine rings is 1. The molecule has 2 aromatic carbocycles. The second-order valence-corrected chi connectivity index (χ2v) is 16.2. The summed E-state index contributed by atoms with van der Waals surface area (Å²) in [7, 11) is 1.30. The van der Waals surface area contributed by atoms with E-state index >= 15 is 0 Å². The molecular weight excluding hydrogens is 719 g/mol. The fraction of sp³-hybridized carbons (Fsp3) is 0.422. The summed E-state index contributed by atoms with van der Waals surface area (Å²) < 4.78 is 4.76. The van der Waals surface area contributed by atoms with Crippen LogP contribution in [-0.4, -0.2) is 74.9 Å². The number of hydrogen-bond donors (Lipinski definition) is 4. The van der Waals surface area contributed by atoms with Gasteiger partial charge in [0.25, 0.3) is 0 Å². The average Bonchev–Trinajstić information content (AvgIpc) is 4.10. The van der Waals surface area contributed by atoms with Crippen molar-refractivity contribution in [1.82, 2.24) is 30.5 Å². The lowest BCUT2D eigenvalue weighted by Gasteiger charge is -2.31. The molecule has 296 valence electrons. The SMILES string of the molecule is COC(=O)N[C@H](C(=O)N1CCC[C@H]1c1ncc(-c2ccc(-c3ccc(C4=CN=C([C@@H]5C6CCC(C6)[C@H]5C(=O)NC(CO)c5ccccn5)C4)cc3)cc2)[nH]1)C(C)C. The summed E-state index contributed by atoms with van der Waals surface area (Å²) in [5.41, 5.74) is 8.11. The van der Waals surface area contributed by atoms with Gasteiger partial charge in [-0.3, -0.25) is 19.6 Å². The smallest absolute Gasteiger partial charge is 0.407 e. The number of ether oxygens (including phenoxy) is 1. The van der Waals surface area contributed by atoms with Crippen LogP contribution in [0.25, 0.3) is 28.0 Å². The Kier molecular flexibility index (Phi) is 11.1. The number of aromatic nitrogens is 3. The third-order valence-corrected chi connectivity index (χ3v) is 12.5. The molecular formula is C45H51N7O5. The van der Waals surface area contributed by atoms with E-state index in [0.29, 0.717) is 24.1 Å². The van der Waals surface area contributed by atoms with E-state index in [9.17, 15) is 19.5 Å². The van der Waals surface area contributed by atoms with Crippen LogP contribution in [0.3, 0.4) is 0 Å². The summed E-state index contributed by atoms with van der Waals surface area (Å²) in [5.74, 6) is 1.26. The Balaban J connectivity index is 0.895. The molecule has 2 saturated carbocycles. The summed E-state index contributed by atoms with van der Waals surface area (Å²) >= 11 is 0. The molecule has 1 saturated heterocycles. The number of aliphatic hydroxyl groups is 1. The number of nitrogens with zero attached hydrogens (tertiary/aromatic N) is 4. The fourth-order valence-corrected chi connectivity index (χ4v) is 9.60. The minimum Gasteiger partial charge on any atom is -0.453 e. The van der Waals surface area contributed by atoms with Crippen molar-refractivity contribution in [2.75, 3.05) is 20.3 Å². The molecule has 0 radical (unpaired) electrons. The van der Waals surface area contributed by atoms with Crippen molar-refractivity contribution in [3.8, 4) is 22.4 Å². The van der Waals surface area contributed by atoms with Crippen LogP contribution in [0.2, 0.25) is 0 Å². The number of fused-ring (bicyclic) bond motifs is 2. The number of aliphatic imine (C=N–C) groups is 1. The van der Waals surface area contributed by atoms with Gasteiger partial charge >= 0.3 is 6.09 Å². The van der Waals surface area contributed by atoms with Gasteiger partial charge in [-0.2, -0.15) is 0 Å². The van der Waals surface area contributed by atoms with Crippen LogP contribution in [-0.2, 0) is 14.3 Å². The van der Waals surface area contributed by atoms with Crippen molar-refractivity contribution < 1.29 is 24.2 Å². The highest BCUT2D eigenvalue weighted by atomic mass is 16.5. The van der Waals surface area contributed by atoms with Gasteiger partial charge in [-0.1, -0.05) is 68.4 Å². The number of likely N-dealkylation sites (tertiary alicyclic amines) is 1. The summed E-state index contributed by atoms with van der Waals surface area (Å²) in [6.45, 7) is 4.22. The molecule has 3 unspecified atom stereocenters. The number of amides is 3. The third kappa shape index (κ3) is 7.75. The van der Waals surface area contributed by atoms with Gasteiger partial charge in [-0.25, -0.2) is 9.78 Å². The molecule has 4 aliphatic rings. The van der Waals surface area contributed by atoms with E-state index < -0.39 is 18.2 Å². The standard InChI is InChI=1S/C45H51N7O5/c1-26(2)41(51-45(56)57-3)44(55)52-20-6-8-38(52)42-48-24-36(49-42)30-15-13-28(14-16-30)27-9-11-29(12-10-27)33-22-35(47-23-33)39-31-17-18-32(21-31)40(39)43(54)50-37(25-53)34-7-4-5-19-46-34/h4-5,7,9-16,19,23-24,26,31-32,37-41,53H,6,8,17-18,20-22,25H2,1-3H3,(H,48,49)(H,50,54)(H,51,56)/t31?,32?,37?,38-,39-,40+,41-/m0/s1. The van der Waals surface area contributed by atoms with Gasteiger partial charge in [0.05, 0.1) is 43.4 Å². The first-order valence-electron chi connectivity index (χ1n) is 20.2. The number of H-pyrrole nitrogens is 1. The molecule has 2 bridgehead atoms. The Labute approximate surface area is 333 Å². The van der Waals surface area contributed by atoms with Crippen molar-refractivity contribution in [2.24, 2.45) is 34.6 Å². The predicted molar refractivity (Wildman–Crippen MR) is 217 cm³/mol. The lowest BCUT2D eigenvalue weighted by molar-refractivity contribution is -0.135. The van der Waals surface area contributed by atoms with Crippen molar-refractivity contribution in [1.29, 1.82) is 0 Å². The number of rotatable bonds is 12. The maximum atomic E-state index is 13.8. The van der Waals surface area contributed by atoms with Crippen molar-refractivity contribution in [3.63, 3.8) is 0 Å². The molecule has 2 aliphatic carbocycles. The maximum Gasteiger partial charge on any atom is 0.407 e. The van der Waals surface area contributed by atoms with E-state index in [-0.39, 0.29) is 42.2 Å². The summed E-state index contributed by atoms with van der Waals surface area (Å²) in [6, 6.07) is 21.1. The molecule has 7 atom stereocenters. The van der Waals surface area contributed by atoms with Crippen LogP contribution in [0, 0.1) is 29.6 Å². The van der Waals surface area contributed by atoms with Crippen molar-refractivity contribution in [2.45, 2.75) is 70.5 Å². The van der Waals surface area contributed by atoms with Crippen LogP contribution in [0.1, 0.15) is 81.5 Å². The molecule has 3 amide bonds. The lowest BCUT2D eigenvalue weighted by Crippen LogP contribution is -2.51. The Morgan fingerprint density at radius 3 is 2.32 bits per heavy atom. The number of carbonyl (C=O) groups excluding carboxylic acids is 3. The van der Waals surface area contributed by atoms with Crippen molar-refractivity contribution in [3.05, 3.63) is 102 Å². The van der Waals surface area contributed by atoms with E-state index in [0.717, 1.165) is 83.6 Å². The van der Waals surface area contributed by atoms with E-state index in [1.54, 1.807) is 6.20 Å². The van der Waals surface area contributed by atoms with Crippen molar-refractivity contribution >= 4 is 29.2 Å². The number of carbonyl (C=O) groups is 3. The van der Waals surface area contributed by atoms with Gasteiger partial charge in [0.15, 0.2) is 0 Å². The molecule has 4 heterocycles. The number of alkyl carbamates (subject to hydrolysis) is 1. The molecule has 2 aliphatic heterocycles. The van der Waals surface area contributed by atoms with Gasteiger partial charge < -0.3 is 30.4 Å². The predicted octanol–water partition coefficient (Wildman–Crippen LogP) is 6.88. The highest BCUT2D eigenvalue weighted by molar-refractivity contribution is 6.02. The fourth-order valence-electron chi connectivity index (χ4n) is 9.60. The normalized spacial score (nSPS) is 23.6. The Morgan fingerprint density at radius 2 is 1.63 bits per heavy atom. The zero-order chi connectivity index (χ0) is 39.6. The van der Waals surface area contributed by atoms with Gasteiger partial charge in [-0.05, 0) is 89.8 Å². The quantitative estimate of drug-likeness (QED) is 0.122. The number of hydrogen-bond acceptors (Lipinski definition) is 8. The number of aliphatic hydroxyl groups excluding tert-OH is 1. The largest absolute Gasteiger partial charge is 0.453 e. The lowest BCUT2D eigenvalue weighted by atomic mass is 9.74. The second kappa shape index (κ2) is 16.5. The molecule has 12 nitrogen and oxygen atoms in total. The molecule has 4 aromatic rings. The van der Waals surface area contributed by atoms with Crippen LogP contribution >= 0.6 is 0 Å². The highest BCUT2D eigenvalue weighted by Gasteiger charge is 2.53. The molecule has 2 aromatic heterocycles. The van der Waals surface area contributed by atoms with Gasteiger partial charge in [-0.15, -0.1) is 0 Å². The monoisotopic (exact) mass is 769 g/mol. The third-order valence-electron chi connectivity index (χ3n) is 12.5. The molecule has 4 N–H and O–H groups in total.